The Morgan fingerprint density at radius 1 is 0.222 bits per heavy atom. The molecule has 0 unspecified atom stereocenters. The van der Waals surface area contributed by atoms with Gasteiger partial charge in [-0.3, -0.25) is 0 Å². The predicted octanol–water partition coefficient (Wildman–Crippen LogP) is 14.2. The van der Waals surface area contributed by atoms with Crippen LogP contribution in [0, 0.1) is 0 Å². The number of para-hydroxylation sites is 4. The third kappa shape index (κ3) is 5.55. The highest BCUT2D eigenvalue weighted by Crippen LogP contribution is 2.41. The Morgan fingerprint density at radius 3 is 1.05 bits per heavy atom. The Balaban J connectivity index is 0.983. The first-order chi connectivity index (χ1) is 31.2. The molecule has 9 aromatic carbocycles. The van der Waals surface area contributed by atoms with Gasteiger partial charge in [-0.25, -0.2) is 15.0 Å². The molecule has 4 aromatic heterocycles. The number of hydrogen-bond donors (Lipinski definition) is 0. The molecular formula is C57H36N6. The van der Waals surface area contributed by atoms with E-state index in [1.807, 2.05) is 60.7 Å². The van der Waals surface area contributed by atoms with Crippen LogP contribution in [0.25, 0.3) is 117 Å². The highest BCUT2D eigenvalue weighted by Gasteiger charge is 2.20. The van der Waals surface area contributed by atoms with Gasteiger partial charge in [0, 0.05) is 66.1 Å². The minimum atomic E-state index is 0.633. The van der Waals surface area contributed by atoms with Crippen LogP contribution in [0.4, 0.5) is 0 Å². The Labute approximate surface area is 362 Å². The van der Waals surface area contributed by atoms with E-state index in [1.54, 1.807) is 0 Å². The predicted molar refractivity (Wildman–Crippen MR) is 259 cm³/mol. The number of hydrogen-bond acceptors (Lipinski definition) is 3. The van der Waals surface area contributed by atoms with Gasteiger partial charge in [-0.2, -0.15) is 0 Å². The van der Waals surface area contributed by atoms with Crippen molar-refractivity contribution in [2.75, 3.05) is 0 Å². The van der Waals surface area contributed by atoms with E-state index in [-0.39, 0.29) is 0 Å². The van der Waals surface area contributed by atoms with Crippen LogP contribution in [-0.4, -0.2) is 28.7 Å². The summed E-state index contributed by atoms with van der Waals surface area (Å²) in [5.74, 6) is 1.93. The second kappa shape index (κ2) is 14.0. The van der Waals surface area contributed by atoms with E-state index in [4.69, 9.17) is 15.0 Å². The van der Waals surface area contributed by atoms with E-state index in [0.29, 0.717) is 17.5 Å². The van der Waals surface area contributed by atoms with Gasteiger partial charge in [0.25, 0.3) is 0 Å². The molecule has 0 N–H and O–H groups in total. The summed E-state index contributed by atoms with van der Waals surface area (Å²) in [6.07, 6.45) is 0. The first kappa shape index (κ1) is 35.2. The Morgan fingerprint density at radius 2 is 0.556 bits per heavy atom. The van der Waals surface area contributed by atoms with Gasteiger partial charge in [0.15, 0.2) is 17.5 Å². The van der Waals surface area contributed by atoms with Crippen LogP contribution in [0.5, 0.6) is 0 Å². The molecule has 0 aliphatic heterocycles. The van der Waals surface area contributed by atoms with E-state index in [1.165, 1.54) is 54.4 Å². The molecule has 6 nitrogen and oxygen atoms in total. The van der Waals surface area contributed by atoms with Gasteiger partial charge < -0.3 is 13.7 Å². The van der Waals surface area contributed by atoms with Gasteiger partial charge in [-0.05, 0) is 84.9 Å². The van der Waals surface area contributed by atoms with Crippen LogP contribution >= 0.6 is 0 Å². The number of fused-ring (bicyclic) bond motifs is 9. The van der Waals surface area contributed by atoms with E-state index in [2.05, 4.69) is 171 Å². The molecule has 13 aromatic rings. The fourth-order valence-electron chi connectivity index (χ4n) is 9.64. The van der Waals surface area contributed by atoms with E-state index in [9.17, 15) is 0 Å². The molecule has 0 bridgehead atoms. The molecule has 0 amide bonds. The van der Waals surface area contributed by atoms with Crippen molar-refractivity contribution in [3.8, 4) is 51.2 Å². The maximum atomic E-state index is 5.00. The Hall–Kier alpha value is -8.61. The lowest BCUT2D eigenvalue weighted by Gasteiger charge is -2.11. The summed E-state index contributed by atoms with van der Waals surface area (Å²) in [6, 6.07) is 77.5. The zero-order chi connectivity index (χ0) is 41.4. The summed E-state index contributed by atoms with van der Waals surface area (Å²) in [4.78, 5) is 14.9. The first-order valence-corrected chi connectivity index (χ1v) is 21.3. The second-order valence-electron chi connectivity index (χ2n) is 16.1. The van der Waals surface area contributed by atoms with Crippen molar-refractivity contribution in [2.45, 2.75) is 0 Å². The van der Waals surface area contributed by atoms with Crippen LogP contribution in [0.2, 0.25) is 0 Å². The van der Waals surface area contributed by atoms with Gasteiger partial charge in [0.05, 0.1) is 33.1 Å². The van der Waals surface area contributed by atoms with Gasteiger partial charge >= 0.3 is 0 Å². The molecule has 0 aliphatic rings. The van der Waals surface area contributed by atoms with Crippen molar-refractivity contribution in [3.63, 3.8) is 0 Å². The van der Waals surface area contributed by atoms with Crippen molar-refractivity contribution in [1.29, 1.82) is 0 Å². The van der Waals surface area contributed by atoms with Crippen LogP contribution in [0.1, 0.15) is 0 Å². The fourth-order valence-corrected chi connectivity index (χ4v) is 9.64. The first-order valence-electron chi connectivity index (χ1n) is 21.3. The molecule has 0 aliphatic carbocycles. The Bertz CT molecular complexity index is 3820. The smallest absolute Gasteiger partial charge is 0.164 e. The van der Waals surface area contributed by atoms with Crippen molar-refractivity contribution in [3.05, 3.63) is 218 Å². The molecule has 0 saturated heterocycles. The normalized spacial score (nSPS) is 11.8. The molecule has 0 atom stereocenters. The number of benzene rings is 9. The van der Waals surface area contributed by atoms with Crippen LogP contribution in [0.15, 0.2) is 218 Å². The molecule has 4 heterocycles. The van der Waals surface area contributed by atoms with Crippen LogP contribution in [-0.2, 0) is 0 Å². The van der Waals surface area contributed by atoms with Crippen molar-refractivity contribution >= 4 is 65.4 Å². The van der Waals surface area contributed by atoms with Crippen LogP contribution < -0.4 is 0 Å². The highest BCUT2D eigenvalue weighted by molar-refractivity contribution is 6.19. The minimum absolute atomic E-state index is 0.633. The summed E-state index contributed by atoms with van der Waals surface area (Å²) in [5, 5.41) is 7.28. The van der Waals surface area contributed by atoms with Gasteiger partial charge in [-0.1, -0.05) is 133 Å². The van der Waals surface area contributed by atoms with Crippen molar-refractivity contribution in [1.82, 2.24) is 28.7 Å². The second-order valence-corrected chi connectivity index (χ2v) is 16.1. The lowest BCUT2D eigenvalue weighted by atomic mass is 10.1. The molecule has 0 saturated carbocycles. The lowest BCUT2D eigenvalue weighted by Crippen LogP contribution is -2.00. The molecule has 6 heteroatoms. The summed E-state index contributed by atoms with van der Waals surface area (Å²) < 4.78 is 7.21. The molecule has 13 rings (SSSR count). The van der Waals surface area contributed by atoms with Gasteiger partial charge in [0.2, 0.25) is 0 Å². The topological polar surface area (TPSA) is 53.5 Å². The highest BCUT2D eigenvalue weighted by atomic mass is 15.0. The van der Waals surface area contributed by atoms with Gasteiger partial charge in [-0.15, -0.1) is 0 Å². The average Bonchev–Trinajstić information content (AvgIpc) is 3.99. The molecule has 63 heavy (non-hydrogen) atoms. The molecular weight excluding hydrogens is 769 g/mol. The average molecular weight is 805 g/mol. The Kier molecular flexibility index (Phi) is 7.80. The standard InChI is InChI=1S/C57H36N6/c1-4-16-37(17-5-1)55-58-56(38-18-6-2-7-19-38)60-57(59-55)39-28-30-41(31-29-39)62-50-26-14-11-23-44(50)47-36-54-48(35-53(47)62)45-24-12-15-27-51(45)63(54)42-32-33-52-46(34-42)43-22-10-13-25-49(43)61(52)40-20-8-3-9-21-40/h1-36H. The maximum Gasteiger partial charge on any atom is 0.164 e. The van der Waals surface area contributed by atoms with Crippen LogP contribution in [0.3, 0.4) is 0 Å². The zero-order valence-electron chi connectivity index (χ0n) is 34.0. The van der Waals surface area contributed by atoms with E-state index in [0.717, 1.165) is 44.8 Å². The fraction of sp³-hybridized carbons (Fsp3) is 0. The molecule has 294 valence electrons. The minimum Gasteiger partial charge on any atom is -0.309 e. The van der Waals surface area contributed by atoms with Crippen molar-refractivity contribution < 1.29 is 0 Å². The van der Waals surface area contributed by atoms with Gasteiger partial charge in [0.1, 0.15) is 0 Å². The summed E-state index contributed by atoms with van der Waals surface area (Å²) >= 11 is 0. The summed E-state index contributed by atoms with van der Waals surface area (Å²) in [5.41, 5.74) is 13.2. The maximum absolute atomic E-state index is 5.00. The third-order valence-electron chi connectivity index (χ3n) is 12.5. The number of rotatable bonds is 6. The number of nitrogens with zero attached hydrogens (tertiary/aromatic N) is 6. The molecule has 0 fully saturated rings. The largest absolute Gasteiger partial charge is 0.309 e. The SMILES string of the molecule is c1ccc(-c2nc(-c3ccccc3)nc(-c3ccc(-n4c5ccccc5c5cc6c(cc54)c4ccccc4n6-c4ccc5c(c4)c4ccccc4n5-c4ccccc4)cc3)n2)cc1. The lowest BCUT2D eigenvalue weighted by molar-refractivity contribution is 1.07. The quantitative estimate of drug-likeness (QED) is 0.168. The molecule has 0 spiro atoms. The van der Waals surface area contributed by atoms with Crippen molar-refractivity contribution in [2.24, 2.45) is 0 Å². The zero-order valence-corrected chi connectivity index (χ0v) is 34.0. The summed E-state index contributed by atoms with van der Waals surface area (Å²) in [7, 11) is 0. The summed E-state index contributed by atoms with van der Waals surface area (Å²) in [6.45, 7) is 0. The van der Waals surface area contributed by atoms with E-state index >= 15 is 0 Å². The number of aromatic nitrogens is 6. The third-order valence-corrected chi connectivity index (χ3v) is 12.5. The van der Waals surface area contributed by atoms with E-state index < -0.39 is 0 Å². The molecule has 0 radical (unpaired) electrons. The monoisotopic (exact) mass is 804 g/mol.